The van der Waals surface area contributed by atoms with Crippen molar-refractivity contribution in [2.45, 2.75) is 32.2 Å². The molecule has 0 fully saturated rings. The van der Waals surface area contributed by atoms with Crippen molar-refractivity contribution in [3.05, 3.63) is 71.8 Å². The molecule has 0 bridgehead atoms. The zero-order valence-electron chi connectivity index (χ0n) is 12.7. The minimum Gasteiger partial charge on any atom is -0.550 e. The number of carboxylic acid groups (broad SMARTS) is 1. The van der Waals surface area contributed by atoms with E-state index in [-0.39, 0.29) is 12.3 Å². The molecule has 0 aliphatic rings. The molecule has 0 aliphatic heterocycles. The predicted octanol–water partition coefficient (Wildman–Crippen LogP) is 1.60. The average Bonchev–Trinajstić information content (AvgIpc) is 2.46. The maximum Gasteiger partial charge on any atom is 0.0786 e. The first-order valence-electron chi connectivity index (χ1n) is 7.13. The Morgan fingerprint density at radius 1 is 0.952 bits per heavy atom. The molecule has 0 aromatic heterocycles. The molecule has 0 aliphatic carbocycles. The quantitative estimate of drug-likeness (QED) is 0.927. The fourth-order valence-corrected chi connectivity index (χ4v) is 1.97. The fraction of sp³-hybridized carbons (Fsp3) is 0.278. The van der Waals surface area contributed by atoms with Gasteiger partial charge in [0.2, 0.25) is 0 Å². The number of carbonyl (C=O) groups is 1. The lowest BCUT2D eigenvalue weighted by molar-refractivity contribution is -0.407. The van der Waals surface area contributed by atoms with Gasteiger partial charge in [-0.15, -0.1) is 0 Å². The zero-order chi connectivity index (χ0) is 15.7. The Labute approximate surface area is 126 Å². The standard InChI is InChI=1S/C15H14O2.C3H9N/c16-15(17)11-14(12-7-3-1-4-8-12)13-9-5-2-6-10-13;1-3(2)4/h1-10,14H,11H2,(H,16,17);3H,4H2,1-2H3. The molecule has 0 amide bonds. The Morgan fingerprint density at radius 2 is 1.29 bits per heavy atom. The second-order valence-corrected chi connectivity index (χ2v) is 5.34. The Balaban J connectivity index is 0.000000491. The van der Waals surface area contributed by atoms with Crippen molar-refractivity contribution in [1.82, 2.24) is 0 Å². The maximum absolute atomic E-state index is 10.8. The van der Waals surface area contributed by atoms with E-state index < -0.39 is 5.97 Å². The minimum absolute atomic E-state index is 0.00796. The summed E-state index contributed by atoms with van der Waals surface area (Å²) in [5, 5.41) is 10.8. The van der Waals surface area contributed by atoms with Crippen LogP contribution in [0.5, 0.6) is 0 Å². The predicted molar refractivity (Wildman–Crippen MR) is 82.4 cm³/mol. The minimum atomic E-state index is -1.03. The molecule has 3 heteroatoms. The third-order valence-electron chi connectivity index (χ3n) is 2.77. The molecule has 2 aromatic carbocycles. The zero-order valence-corrected chi connectivity index (χ0v) is 12.7. The number of carboxylic acids is 1. The van der Waals surface area contributed by atoms with E-state index >= 15 is 0 Å². The highest BCUT2D eigenvalue weighted by Gasteiger charge is 2.13. The Kier molecular flexibility index (Phi) is 7.19. The first-order chi connectivity index (χ1) is 10.0. The van der Waals surface area contributed by atoms with Crippen molar-refractivity contribution < 1.29 is 15.6 Å². The molecule has 2 rings (SSSR count). The van der Waals surface area contributed by atoms with Crippen molar-refractivity contribution in [3.63, 3.8) is 0 Å². The fourth-order valence-electron chi connectivity index (χ4n) is 1.97. The van der Waals surface area contributed by atoms with Crippen LogP contribution in [0.1, 0.15) is 37.3 Å². The Morgan fingerprint density at radius 3 is 1.57 bits per heavy atom. The number of carbonyl (C=O) groups excluding carboxylic acids is 1. The highest BCUT2D eigenvalue weighted by Crippen LogP contribution is 2.27. The summed E-state index contributed by atoms with van der Waals surface area (Å²) in [6.45, 7) is 4.11. The molecule has 0 saturated carbocycles. The summed E-state index contributed by atoms with van der Waals surface area (Å²) in [7, 11) is 0. The van der Waals surface area contributed by atoms with Gasteiger partial charge in [-0.25, -0.2) is 0 Å². The van der Waals surface area contributed by atoms with Crippen LogP contribution in [0.2, 0.25) is 0 Å². The van der Waals surface area contributed by atoms with Gasteiger partial charge in [0.15, 0.2) is 0 Å². The van der Waals surface area contributed by atoms with E-state index in [0.29, 0.717) is 6.04 Å². The summed E-state index contributed by atoms with van der Waals surface area (Å²) < 4.78 is 0. The summed E-state index contributed by atoms with van der Waals surface area (Å²) in [5.74, 6) is -1.16. The van der Waals surface area contributed by atoms with Crippen molar-refractivity contribution in [3.8, 4) is 0 Å². The van der Waals surface area contributed by atoms with Crippen molar-refractivity contribution in [2.24, 2.45) is 0 Å². The molecule has 112 valence electrons. The Bertz CT molecular complexity index is 481. The van der Waals surface area contributed by atoms with Crippen LogP contribution >= 0.6 is 0 Å². The van der Waals surface area contributed by atoms with Gasteiger partial charge in [-0.2, -0.15) is 0 Å². The summed E-state index contributed by atoms with van der Waals surface area (Å²) in [6, 6.07) is 19.9. The molecule has 21 heavy (non-hydrogen) atoms. The highest BCUT2D eigenvalue weighted by molar-refractivity contribution is 5.66. The summed E-state index contributed by atoms with van der Waals surface area (Å²) in [4.78, 5) is 10.8. The van der Waals surface area contributed by atoms with Gasteiger partial charge in [-0.3, -0.25) is 0 Å². The molecule has 3 nitrogen and oxygen atoms in total. The van der Waals surface area contributed by atoms with E-state index in [9.17, 15) is 9.90 Å². The second kappa shape index (κ2) is 8.93. The van der Waals surface area contributed by atoms with E-state index in [2.05, 4.69) is 19.6 Å². The molecule has 0 spiro atoms. The lowest BCUT2D eigenvalue weighted by Gasteiger charge is -2.18. The number of aliphatic carboxylic acids is 1. The monoisotopic (exact) mass is 285 g/mol. The van der Waals surface area contributed by atoms with Crippen LogP contribution in [0.25, 0.3) is 0 Å². The molecule has 3 N–H and O–H groups in total. The third-order valence-corrected chi connectivity index (χ3v) is 2.77. The van der Waals surface area contributed by atoms with Gasteiger partial charge in [0.25, 0.3) is 0 Å². The number of rotatable bonds is 4. The van der Waals surface area contributed by atoms with Gasteiger partial charge in [-0.05, 0) is 31.4 Å². The molecule has 0 saturated heterocycles. The first-order valence-corrected chi connectivity index (χ1v) is 7.13. The Hall–Kier alpha value is -2.13. The van der Waals surface area contributed by atoms with E-state index in [1.807, 2.05) is 60.7 Å². The van der Waals surface area contributed by atoms with Crippen LogP contribution in [-0.2, 0) is 4.79 Å². The van der Waals surface area contributed by atoms with Crippen molar-refractivity contribution in [1.29, 1.82) is 0 Å². The number of quaternary nitrogens is 1. The molecular weight excluding hydrogens is 262 g/mol. The lowest BCUT2D eigenvalue weighted by atomic mass is 9.89. The van der Waals surface area contributed by atoms with Gasteiger partial charge in [0.05, 0.1) is 6.04 Å². The average molecular weight is 285 g/mol. The van der Waals surface area contributed by atoms with E-state index in [1.165, 1.54) is 0 Å². The van der Waals surface area contributed by atoms with E-state index in [1.54, 1.807) is 0 Å². The van der Waals surface area contributed by atoms with E-state index in [4.69, 9.17) is 0 Å². The van der Waals surface area contributed by atoms with Crippen LogP contribution in [0.3, 0.4) is 0 Å². The van der Waals surface area contributed by atoms with Crippen LogP contribution < -0.4 is 10.8 Å². The smallest absolute Gasteiger partial charge is 0.0786 e. The summed E-state index contributed by atoms with van der Waals surface area (Å²) in [6.07, 6.45) is 0.00796. The number of benzene rings is 2. The molecule has 0 atom stereocenters. The topological polar surface area (TPSA) is 67.8 Å². The summed E-state index contributed by atoms with van der Waals surface area (Å²) >= 11 is 0. The maximum atomic E-state index is 10.8. The van der Waals surface area contributed by atoms with Gasteiger partial charge < -0.3 is 15.6 Å². The summed E-state index contributed by atoms with van der Waals surface area (Å²) in [5.41, 5.74) is 5.64. The van der Waals surface area contributed by atoms with Gasteiger partial charge >= 0.3 is 0 Å². The third kappa shape index (κ3) is 6.72. The van der Waals surface area contributed by atoms with Crippen LogP contribution in [0.4, 0.5) is 0 Å². The van der Waals surface area contributed by atoms with Crippen LogP contribution in [0, 0.1) is 0 Å². The largest absolute Gasteiger partial charge is 0.550 e. The van der Waals surface area contributed by atoms with Gasteiger partial charge in [0, 0.05) is 11.9 Å². The van der Waals surface area contributed by atoms with Gasteiger partial charge in [-0.1, -0.05) is 60.7 Å². The molecule has 0 unspecified atom stereocenters. The molecule has 2 aromatic rings. The van der Waals surface area contributed by atoms with Crippen molar-refractivity contribution in [2.75, 3.05) is 0 Å². The van der Waals surface area contributed by atoms with Crippen LogP contribution in [-0.4, -0.2) is 12.0 Å². The number of hydrogen-bond acceptors (Lipinski definition) is 2. The normalized spacial score (nSPS) is 10.1. The molecule has 0 radical (unpaired) electrons. The SMILES string of the molecule is CC(C)[NH3+].O=C([O-])CC(c1ccccc1)c1ccccc1. The molecular formula is C18H23NO2. The second-order valence-electron chi connectivity index (χ2n) is 5.34. The lowest BCUT2D eigenvalue weighted by Crippen LogP contribution is -2.57. The number of hydrogen-bond donors (Lipinski definition) is 1. The van der Waals surface area contributed by atoms with Gasteiger partial charge in [0.1, 0.15) is 0 Å². The molecule has 0 heterocycles. The van der Waals surface area contributed by atoms with Crippen LogP contribution in [0.15, 0.2) is 60.7 Å². The van der Waals surface area contributed by atoms with Crippen molar-refractivity contribution >= 4 is 5.97 Å². The highest BCUT2D eigenvalue weighted by atomic mass is 16.4. The van der Waals surface area contributed by atoms with E-state index in [0.717, 1.165) is 11.1 Å². The first kappa shape index (κ1) is 16.9.